The van der Waals surface area contributed by atoms with Crippen LogP contribution in [0.4, 0.5) is 8.78 Å². The molecule has 0 aromatic heterocycles. The van der Waals surface area contributed by atoms with Crippen molar-refractivity contribution in [3.63, 3.8) is 0 Å². The summed E-state index contributed by atoms with van der Waals surface area (Å²) in [7, 11) is 0. The van der Waals surface area contributed by atoms with Gasteiger partial charge in [0.15, 0.2) is 11.6 Å². The first-order valence-corrected chi connectivity index (χ1v) is 12.2. The van der Waals surface area contributed by atoms with Crippen molar-refractivity contribution in [2.45, 2.75) is 51.9 Å². The lowest BCUT2D eigenvalue weighted by atomic mass is 9.98. The molecule has 0 fully saturated rings. The van der Waals surface area contributed by atoms with Crippen molar-refractivity contribution in [2.24, 2.45) is 0 Å². The molecule has 0 bridgehead atoms. The Labute approximate surface area is 202 Å². The zero-order chi connectivity index (χ0) is 24.2. The van der Waals surface area contributed by atoms with Crippen molar-refractivity contribution in [1.82, 2.24) is 0 Å². The van der Waals surface area contributed by atoms with Gasteiger partial charge in [-0.05, 0) is 48.2 Å². The first kappa shape index (κ1) is 25.5. The third-order valence-electron chi connectivity index (χ3n) is 5.77. The molecule has 0 atom stereocenters. The van der Waals surface area contributed by atoms with Gasteiger partial charge >= 0.3 is 0 Å². The van der Waals surface area contributed by atoms with Crippen LogP contribution in [0.1, 0.15) is 51.9 Å². The Kier molecular flexibility index (Phi) is 10.1. The number of benzene rings is 3. The Morgan fingerprint density at radius 2 is 1.12 bits per heavy atom. The highest BCUT2D eigenvalue weighted by molar-refractivity contribution is 5.72. The molecule has 0 amide bonds. The van der Waals surface area contributed by atoms with E-state index < -0.39 is 11.6 Å². The number of hydrogen-bond acceptors (Lipinski definition) is 2. The predicted molar refractivity (Wildman–Crippen MR) is 136 cm³/mol. The normalized spacial score (nSPS) is 10.8. The van der Waals surface area contributed by atoms with Crippen molar-refractivity contribution in [3.8, 4) is 33.8 Å². The van der Waals surface area contributed by atoms with Gasteiger partial charge in [0.05, 0.1) is 13.2 Å². The predicted octanol–water partition coefficient (Wildman–Crippen LogP) is 8.99. The second kappa shape index (κ2) is 13.5. The second-order valence-electron chi connectivity index (χ2n) is 8.38. The van der Waals surface area contributed by atoms with Crippen molar-refractivity contribution in [1.29, 1.82) is 0 Å². The Hall–Kier alpha value is -3.14. The van der Waals surface area contributed by atoms with E-state index in [4.69, 9.17) is 9.47 Å². The molecular weight excluding hydrogens is 430 g/mol. The van der Waals surface area contributed by atoms with Gasteiger partial charge < -0.3 is 9.47 Å². The lowest BCUT2D eigenvalue weighted by molar-refractivity contribution is 0.304. The molecule has 180 valence electrons. The van der Waals surface area contributed by atoms with E-state index in [1.54, 1.807) is 54.6 Å². The van der Waals surface area contributed by atoms with Gasteiger partial charge in [0.1, 0.15) is 11.5 Å². The zero-order valence-corrected chi connectivity index (χ0v) is 20.0. The Balaban J connectivity index is 1.61. The van der Waals surface area contributed by atoms with Crippen LogP contribution in [-0.2, 0) is 0 Å². The van der Waals surface area contributed by atoms with Gasteiger partial charge in [-0.1, -0.05) is 81.5 Å². The fourth-order valence-electron chi connectivity index (χ4n) is 3.79. The first-order valence-electron chi connectivity index (χ1n) is 12.2. The van der Waals surface area contributed by atoms with E-state index in [9.17, 15) is 8.78 Å². The molecule has 0 spiro atoms. The van der Waals surface area contributed by atoms with E-state index in [0.29, 0.717) is 30.1 Å². The van der Waals surface area contributed by atoms with E-state index in [1.165, 1.54) is 32.1 Å². The van der Waals surface area contributed by atoms with Crippen LogP contribution in [0.25, 0.3) is 22.3 Å². The number of unbranched alkanes of at least 4 members (excludes halogenated alkanes) is 5. The highest BCUT2D eigenvalue weighted by atomic mass is 19.2. The quantitative estimate of drug-likeness (QED) is 0.175. The highest BCUT2D eigenvalue weighted by Gasteiger charge is 2.16. The Morgan fingerprint density at radius 3 is 1.62 bits per heavy atom. The van der Waals surface area contributed by atoms with Gasteiger partial charge in [0, 0.05) is 11.1 Å². The number of ether oxygens (including phenoxy) is 2. The van der Waals surface area contributed by atoms with E-state index in [2.05, 4.69) is 13.5 Å². The topological polar surface area (TPSA) is 18.5 Å². The minimum absolute atomic E-state index is 0.220. The van der Waals surface area contributed by atoms with Crippen molar-refractivity contribution in [2.75, 3.05) is 13.2 Å². The third kappa shape index (κ3) is 7.18. The van der Waals surface area contributed by atoms with Gasteiger partial charge in [-0.15, -0.1) is 6.58 Å². The highest BCUT2D eigenvalue weighted by Crippen LogP contribution is 2.33. The average molecular weight is 465 g/mol. The molecular formula is C30H34F2O2. The molecule has 0 heterocycles. The van der Waals surface area contributed by atoms with Crippen LogP contribution in [0.3, 0.4) is 0 Å². The van der Waals surface area contributed by atoms with Crippen LogP contribution in [-0.4, -0.2) is 13.2 Å². The molecule has 0 saturated heterocycles. The van der Waals surface area contributed by atoms with Crippen LogP contribution in [0, 0.1) is 11.6 Å². The van der Waals surface area contributed by atoms with E-state index in [1.807, 2.05) is 12.1 Å². The van der Waals surface area contributed by atoms with Gasteiger partial charge in [-0.3, -0.25) is 0 Å². The summed E-state index contributed by atoms with van der Waals surface area (Å²) in [5.41, 5.74) is 1.66. The molecule has 3 aromatic carbocycles. The largest absolute Gasteiger partial charge is 0.494 e. The summed E-state index contributed by atoms with van der Waals surface area (Å²) in [5.74, 6) is -0.294. The maximum Gasteiger partial charge on any atom is 0.167 e. The zero-order valence-electron chi connectivity index (χ0n) is 20.0. The molecule has 3 aromatic rings. The van der Waals surface area contributed by atoms with E-state index in [0.717, 1.165) is 18.6 Å². The van der Waals surface area contributed by atoms with Crippen molar-refractivity contribution < 1.29 is 18.3 Å². The van der Waals surface area contributed by atoms with Gasteiger partial charge in [0.25, 0.3) is 0 Å². The van der Waals surface area contributed by atoms with Crippen LogP contribution in [0.15, 0.2) is 73.3 Å². The lowest BCUT2D eigenvalue weighted by Crippen LogP contribution is -1.98. The fraction of sp³-hybridized carbons (Fsp3) is 0.333. The Bertz CT molecular complexity index is 1030. The monoisotopic (exact) mass is 464 g/mol. The molecule has 2 nitrogen and oxygen atoms in total. The summed E-state index contributed by atoms with van der Waals surface area (Å²) in [5, 5.41) is 0. The Morgan fingerprint density at radius 1 is 0.647 bits per heavy atom. The molecule has 0 aliphatic heterocycles. The molecule has 0 unspecified atom stereocenters. The third-order valence-corrected chi connectivity index (χ3v) is 5.77. The smallest absolute Gasteiger partial charge is 0.167 e. The molecule has 0 N–H and O–H groups in total. The summed E-state index contributed by atoms with van der Waals surface area (Å²) in [6.07, 6.45) is 9.77. The van der Waals surface area contributed by atoms with Crippen molar-refractivity contribution in [3.05, 3.63) is 85.0 Å². The summed E-state index contributed by atoms with van der Waals surface area (Å²) >= 11 is 0. The maximum atomic E-state index is 15.0. The van der Waals surface area contributed by atoms with E-state index >= 15 is 0 Å². The summed E-state index contributed by atoms with van der Waals surface area (Å²) in [6.45, 7) is 7.07. The minimum Gasteiger partial charge on any atom is -0.494 e. The SMILES string of the molecule is C=CCCOc1ccc(-c2ccc(-c3ccc(OCCCCCCCC)cc3)c(F)c2F)cc1. The fourth-order valence-corrected chi connectivity index (χ4v) is 3.79. The number of hydrogen-bond donors (Lipinski definition) is 0. The van der Waals surface area contributed by atoms with Gasteiger partial charge in [0.2, 0.25) is 0 Å². The van der Waals surface area contributed by atoms with Crippen LogP contribution < -0.4 is 9.47 Å². The standard InChI is InChI=1S/C30H34F2O2/c1-3-5-7-8-9-10-22-34-26-17-13-24(14-18-26)28-20-19-27(29(31)30(28)32)23-11-15-25(16-12-23)33-21-6-4-2/h4,11-20H,2-3,5-10,21-22H2,1H3. The molecule has 3 rings (SSSR count). The summed E-state index contributed by atoms with van der Waals surface area (Å²) in [6, 6.07) is 17.4. The molecule has 0 radical (unpaired) electrons. The number of halogens is 2. The lowest BCUT2D eigenvalue weighted by Gasteiger charge is -2.11. The second-order valence-corrected chi connectivity index (χ2v) is 8.38. The maximum absolute atomic E-state index is 15.0. The molecule has 0 aliphatic rings. The van der Waals surface area contributed by atoms with Crippen molar-refractivity contribution >= 4 is 0 Å². The van der Waals surface area contributed by atoms with Crippen LogP contribution in [0.2, 0.25) is 0 Å². The first-order chi connectivity index (χ1) is 16.6. The van der Waals surface area contributed by atoms with Gasteiger partial charge in [-0.25, -0.2) is 8.78 Å². The average Bonchev–Trinajstić information content (AvgIpc) is 2.86. The molecule has 34 heavy (non-hydrogen) atoms. The number of rotatable bonds is 14. The van der Waals surface area contributed by atoms with Crippen LogP contribution >= 0.6 is 0 Å². The van der Waals surface area contributed by atoms with E-state index in [-0.39, 0.29) is 11.1 Å². The minimum atomic E-state index is -0.860. The molecule has 4 heteroatoms. The van der Waals surface area contributed by atoms with Crippen LogP contribution in [0.5, 0.6) is 11.5 Å². The molecule has 0 aliphatic carbocycles. The summed E-state index contributed by atoms with van der Waals surface area (Å²) in [4.78, 5) is 0. The summed E-state index contributed by atoms with van der Waals surface area (Å²) < 4.78 is 41.3. The molecule has 0 saturated carbocycles. The van der Waals surface area contributed by atoms with Gasteiger partial charge in [-0.2, -0.15) is 0 Å².